The van der Waals surface area contributed by atoms with Crippen molar-refractivity contribution >= 4 is 23.6 Å². The lowest BCUT2D eigenvalue weighted by atomic mass is 10.4. The molecule has 16 heavy (non-hydrogen) atoms. The van der Waals surface area contributed by atoms with Crippen LogP contribution in [0, 0.1) is 4.77 Å². The highest BCUT2D eigenvalue weighted by atomic mass is 32.1. The van der Waals surface area contributed by atoms with E-state index in [0.29, 0.717) is 10.8 Å². The predicted octanol–water partition coefficient (Wildman–Crippen LogP) is 3.01. The summed E-state index contributed by atoms with van der Waals surface area (Å²) in [5, 5.41) is 9.17. The van der Waals surface area contributed by atoms with Crippen molar-refractivity contribution in [3.05, 3.63) is 16.2 Å². The molecule has 0 aromatic carbocycles. The molecule has 6 heteroatoms. The highest BCUT2D eigenvalue weighted by Gasteiger charge is 2.28. The molecule has 1 fully saturated rings. The van der Waals surface area contributed by atoms with E-state index in [1.165, 1.54) is 12.8 Å². The van der Waals surface area contributed by atoms with Crippen LogP contribution < -0.4 is 4.74 Å². The minimum Gasteiger partial charge on any atom is -0.495 e. The van der Waals surface area contributed by atoms with Crippen LogP contribution in [0.5, 0.6) is 5.75 Å². The molecular weight excluding hydrogens is 242 g/mol. The van der Waals surface area contributed by atoms with Crippen LogP contribution in [0.1, 0.15) is 18.9 Å². The summed E-state index contributed by atoms with van der Waals surface area (Å²) in [6, 6.07) is 2.47. The molecule has 0 spiro atoms. The maximum absolute atomic E-state index is 5.31. The Morgan fingerprint density at radius 3 is 3.12 bits per heavy atom. The van der Waals surface area contributed by atoms with E-state index >= 15 is 0 Å². The summed E-state index contributed by atoms with van der Waals surface area (Å²) in [5.74, 6) is 1.76. The molecule has 1 aliphatic rings. The summed E-state index contributed by atoms with van der Waals surface area (Å²) in [5.41, 5.74) is 0. The molecule has 4 nitrogen and oxygen atoms in total. The number of methoxy groups -OCH3 is 1. The van der Waals surface area contributed by atoms with Crippen LogP contribution >= 0.6 is 23.6 Å². The van der Waals surface area contributed by atoms with Crippen LogP contribution in [0.2, 0.25) is 0 Å². The second-order valence-electron chi connectivity index (χ2n) is 3.77. The molecule has 0 radical (unpaired) electrons. The molecule has 1 saturated carbocycles. The number of hydrogen-bond donors (Lipinski definition) is 1. The number of rotatable bonds is 3. The van der Waals surface area contributed by atoms with Gasteiger partial charge in [0, 0.05) is 6.04 Å². The minimum atomic E-state index is 0.521. The topological polar surface area (TPSA) is 42.8 Å². The monoisotopic (exact) mass is 253 g/mol. The zero-order chi connectivity index (χ0) is 11.1. The molecule has 0 aliphatic heterocycles. The Labute approximate surface area is 102 Å². The molecule has 3 rings (SSSR count). The lowest BCUT2D eigenvalue weighted by molar-refractivity contribution is 0.417. The van der Waals surface area contributed by atoms with Gasteiger partial charge >= 0.3 is 0 Å². The first-order chi connectivity index (χ1) is 7.81. The smallest absolute Gasteiger partial charge is 0.195 e. The number of aromatic amines is 1. The molecule has 1 aliphatic carbocycles. The summed E-state index contributed by atoms with van der Waals surface area (Å²) < 4.78 is 8.12. The second kappa shape index (κ2) is 3.71. The zero-order valence-electron chi connectivity index (χ0n) is 8.77. The first-order valence-corrected chi connectivity index (χ1v) is 6.39. The van der Waals surface area contributed by atoms with Gasteiger partial charge in [0.2, 0.25) is 0 Å². The third-order valence-electron chi connectivity index (χ3n) is 2.67. The van der Waals surface area contributed by atoms with E-state index in [1.807, 2.05) is 11.4 Å². The fraction of sp³-hybridized carbons (Fsp3) is 0.400. The van der Waals surface area contributed by atoms with Crippen molar-refractivity contribution in [1.29, 1.82) is 0 Å². The van der Waals surface area contributed by atoms with E-state index in [0.717, 1.165) is 16.5 Å². The molecule has 0 unspecified atom stereocenters. The van der Waals surface area contributed by atoms with Crippen LogP contribution in [0.4, 0.5) is 0 Å². The first kappa shape index (κ1) is 10.0. The summed E-state index contributed by atoms with van der Waals surface area (Å²) >= 11 is 6.88. The highest BCUT2D eigenvalue weighted by Crippen LogP contribution is 2.41. The van der Waals surface area contributed by atoms with Crippen LogP contribution in [-0.4, -0.2) is 21.9 Å². The molecule has 84 valence electrons. The lowest BCUT2D eigenvalue weighted by Crippen LogP contribution is -1.97. The largest absolute Gasteiger partial charge is 0.495 e. The fourth-order valence-corrected chi connectivity index (χ4v) is 2.88. The first-order valence-electron chi connectivity index (χ1n) is 5.10. The standard InChI is InChI=1S/C10H11N3OS2/c1-14-7-4-5-16-8(7)9-11-12-10(15)13(9)6-2-3-6/h4-6H,2-3H2,1H3,(H,12,15). The van der Waals surface area contributed by atoms with Crippen LogP contribution in [0.3, 0.4) is 0 Å². The maximum atomic E-state index is 5.31. The van der Waals surface area contributed by atoms with Crippen molar-refractivity contribution in [2.24, 2.45) is 0 Å². The molecule has 2 heterocycles. The van der Waals surface area contributed by atoms with E-state index in [4.69, 9.17) is 17.0 Å². The van der Waals surface area contributed by atoms with Crippen LogP contribution in [-0.2, 0) is 0 Å². The van der Waals surface area contributed by atoms with Crippen molar-refractivity contribution in [1.82, 2.24) is 14.8 Å². The van der Waals surface area contributed by atoms with Crippen molar-refractivity contribution in [3.63, 3.8) is 0 Å². The molecule has 0 saturated heterocycles. The SMILES string of the molecule is COc1ccsc1-c1n[nH]c(=S)n1C1CC1. The van der Waals surface area contributed by atoms with Gasteiger partial charge in [0.1, 0.15) is 10.6 Å². The van der Waals surface area contributed by atoms with Crippen molar-refractivity contribution in [2.75, 3.05) is 7.11 Å². The Morgan fingerprint density at radius 1 is 1.62 bits per heavy atom. The average molecular weight is 253 g/mol. The van der Waals surface area contributed by atoms with Gasteiger partial charge in [-0.3, -0.25) is 9.67 Å². The summed E-state index contributed by atoms with van der Waals surface area (Å²) in [4.78, 5) is 1.04. The number of aromatic nitrogens is 3. The van der Waals surface area contributed by atoms with Crippen molar-refractivity contribution in [3.8, 4) is 16.5 Å². The maximum Gasteiger partial charge on any atom is 0.195 e. The second-order valence-corrected chi connectivity index (χ2v) is 5.07. The van der Waals surface area contributed by atoms with Gasteiger partial charge in [0.15, 0.2) is 10.6 Å². The third-order valence-corrected chi connectivity index (χ3v) is 3.85. The van der Waals surface area contributed by atoms with E-state index < -0.39 is 0 Å². The van der Waals surface area contributed by atoms with Crippen LogP contribution in [0.15, 0.2) is 11.4 Å². The van der Waals surface area contributed by atoms with Crippen molar-refractivity contribution in [2.45, 2.75) is 18.9 Å². The minimum absolute atomic E-state index is 0.521. The van der Waals surface area contributed by atoms with E-state index in [-0.39, 0.29) is 0 Å². The van der Waals surface area contributed by atoms with E-state index in [9.17, 15) is 0 Å². The zero-order valence-corrected chi connectivity index (χ0v) is 10.4. The summed E-state index contributed by atoms with van der Waals surface area (Å²) in [6.07, 6.45) is 2.38. The van der Waals surface area contributed by atoms with Gasteiger partial charge in [-0.15, -0.1) is 11.3 Å². The van der Waals surface area contributed by atoms with E-state index in [1.54, 1.807) is 18.4 Å². The molecule has 2 aromatic heterocycles. The predicted molar refractivity (Wildman–Crippen MR) is 65.5 cm³/mol. The van der Waals surface area contributed by atoms with E-state index in [2.05, 4.69) is 14.8 Å². The lowest BCUT2D eigenvalue weighted by Gasteiger charge is -2.04. The number of nitrogens with one attached hydrogen (secondary N) is 1. The molecule has 0 bridgehead atoms. The van der Waals surface area contributed by atoms with Gasteiger partial charge in [0.05, 0.1) is 7.11 Å². The van der Waals surface area contributed by atoms with Gasteiger partial charge in [0.25, 0.3) is 0 Å². The normalized spacial score (nSPS) is 15.3. The summed E-state index contributed by atoms with van der Waals surface area (Å²) in [7, 11) is 1.67. The van der Waals surface area contributed by atoms with Gasteiger partial charge in [-0.05, 0) is 36.5 Å². The summed E-state index contributed by atoms with van der Waals surface area (Å²) in [6.45, 7) is 0. The highest BCUT2D eigenvalue weighted by molar-refractivity contribution is 7.71. The van der Waals surface area contributed by atoms with Gasteiger partial charge in [-0.1, -0.05) is 0 Å². The third kappa shape index (κ3) is 1.49. The molecule has 0 amide bonds. The molecule has 2 aromatic rings. The molecule has 1 N–H and O–H groups in total. The Balaban J connectivity index is 2.16. The number of nitrogens with zero attached hydrogens (tertiary/aromatic N) is 2. The Hall–Kier alpha value is -1.14. The quantitative estimate of drug-likeness (QED) is 0.855. The van der Waals surface area contributed by atoms with Crippen LogP contribution in [0.25, 0.3) is 10.7 Å². The van der Waals surface area contributed by atoms with Gasteiger partial charge < -0.3 is 4.74 Å². The fourth-order valence-electron chi connectivity index (χ4n) is 1.76. The van der Waals surface area contributed by atoms with Gasteiger partial charge in [-0.2, -0.15) is 5.10 Å². The number of hydrogen-bond acceptors (Lipinski definition) is 4. The molecular formula is C10H11N3OS2. The van der Waals surface area contributed by atoms with Gasteiger partial charge in [-0.25, -0.2) is 0 Å². The van der Waals surface area contributed by atoms with Crippen molar-refractivity contribution < 1.29 is 4.74 Å². The number of thiophene rings is 1. The Kier molecular flexibility index (Phi) is 2.33. The molecule has 0 atom stereocenters. The number of H-pyrrole nitrogens is 1. The average Bonchev–Trinajstić information content (AvgIpc) is 2.89. The Bertz CT molecular complexity index is 565. The number of ether oxygens (including phenoxy) is 1. The Morgan fingerprint density at radius 2 is 2.44 bits per heavy atom.